The van der Waals surface area contributed by atoms with Crippen LogP contribution in [0, 0.1) is 0 Å². The van der Waals surface area contributed by atoms with Crippen molar-refractivity contribution in [2.45, 2.75) is 6.61 Å². The normalized spacial score (nSPS) is 10.8. The molecule has 0 aliphatic carbocycles. The van der Waals surface area contributed by atoms with Gasteiger partial charge in [-0.25, -0.2) is 0 Å². The fraction of sp³-hybridized carbons (Fsp3) is 0.417. The topological polar surface area (TPSA) is 45.7 Å². The molecular weight excluding hydrogens is 400 g/mol. The Bertz CT molecular complexity index is 416. The lowest BCUT2D eigenvalue weighted by Gasteiger charge is -2.09. The number of guanidine groups is 1. The van der Waals surface area contributed by atoms with Crippen molar-refractivity contribution in [1.82, 2.24) is 10.6 Å². The van der Waals surface area contributed by atoms with Gasteiger partial charge in [0.1, 0.15) is 0 Å². The lowest BCUT2D eigenvalue weighted by Crippen LogP contribution is -2.36. The van der Waals surface area contributed by atoms with Gasteiger partial charge in [-0.2, -0.15) is 0 Å². The fourth-order valence-corrected chi connectivity index (χ4v) is 1.80. The molecule has 0 saturated heterocycles. The summed E-state index contributed by atoms with van der Waals surface area (Å²) in [5.74, 6) is 0.739. The molecule has 0 aliphatic heterocycles. The van der Waals surface area contributed by atoms with E-state index in [2.05, 4.69) is 15.6 Å². The molecule has 1 aromatic carbocycles. The number of hydrogen-bond donors (Lipinski definition) is 2. The van der Waals surface area contributed by atoms with Crippen LogP contribution in [0.15, 0.2) is 23.2 Å². The quantitative estimate of drug-likeness (QED) is 0.335. The Morgan fingerprint density at radius 3 is 2.68 bits per heavy atom. The maximum absolute atomic E-state index is 6.03. The molecule has 1 aromatic rings. The Morgan fingerprint density at radius 2 is 2.11 bits per heavy atom. The maximum Gasteiger partial charge on any atom is 0.190 e. The van der Waals surface area contributed by atoms with E-state index in [1.165, 1.54) is 0 Å². The highest BCUT2D eigenvalue weighted by Gasteiger charge is 2.01. The van der Waals surface area contributed by atoms with E-state index in [1.54, 1.807) is 19.2 Å². The van der Waals surface area contributed by atoms with Crippen LogP contribution in [0.1, 0.15) is 5.56 Å². The van der Waals surface area contributed by atoms with Crippen LogP contribution in [-0.2, 0) is 11.3 Å². The zero-order valence-electron chi connectivity index (χ0n) is 10.9. The number of hydrogen-bond acceptors (Lipinski definition) is 2. The second-order valence-corrected chi connectivity index (χ2v) is 4.38. The number of aliphatic imine (C=N–C) groups is 1. The second-order valence-electron chi connectivity index (χ2n) is 3.54. The largest absolute Gasteiger partial charge is 0.375 e. The molecule has 0 atom stereocenters. The zero-order chi connectivity index (χ0) is 13.4. The van der Waals surface area contributed by atoms with Gasteiger partial charge in [0.15, 0.2) is 5.96 Å². The number of nitrogens with one attached hydrogen (secondary N) is 2. The Balaban J connectivity index is 0.00000324. The number of ether oxygens (including phenoxy) is 1. The van der Waals surface area contributed by atoms with Crippen molar-refractivity contribution in [1.29, 1.82) is 0 Å². The molecule has 0 heterocycles. The highest BCUT2D eigenvalue weighted by atomic mass is 127. The van der Waals surface area contributed by atoms with Crippen molar-refractivity contribution >= 4 is 53.1 Å². The molecular formula is C12H18Cl2IN3O. The van der Waals surface area contributed by atoms with Gasteiger partial charge in [-0.1, -0.05) is 29.3 Å². The third-order valence-electron chi connectivity index (χ3n) is 2.27. The van der Waals surface area contributed by atoms with E-state index in [-0.39, 0.29) is 24.0 Å². The van der Waals surface area contributed by atoms with Gasteiger partial charge in [0.25, 0.3) is 0 Å². The van der Waals surface area contributed by atoms with Gasteiger partial charge in [0, 0.05) is 30.7 Å². The first kappa shape index (κ1) is 18.8. The van der Waals surface area contributed by atoms with Gasteiger partial charge >= 0.3 is 0 Å². The molecule has 0 aromatic heterocycles. The zero-order valence-corrected chi connectivity index (χ0v) is 14.7. The summed E-state index contributed by atoms with van der Waals surface area (Å²) >= 11 is 11.8. The minimum Gasteiger partial charge on any atom is -0.375 e. The van der Waals surface area contributed by atoms with E-state index in [0.717, 1.165) is 11.5 Å². The maximum atomic E-state index is 6.03. The lowest BCUT2D eigenvalue weighted by atomic mass is 10.2. The van der Waals surface area contributed by atoms with Gasteiger partial charge in [-0.3, -0.25) is 4.99 Å². The third-order valence-corrected chi connectivity index (χ3v) is 2.86. The SMILES string of the molecule is CN=C(NC)NCCOCc1ccc(Cl)cc1Cl.I. The molecule has 0 fully saturated rings. The molecule has 0 amide bonds. The lowest BCUT2D eigenvalue weighted by molar-refractivity contribution is 0.125. The van der Waals surface area contributed by atoms with E-state index in [9.17, 15) is 0 Å². The Labute approximate surface area is 140 Å². The average Bonchev–Trinajstić information content (AvgIpc) is 2.36. The van der Waals surface area contributed by atoms with E-state index in [1.807, 2.05) is 13.1 Å². The first-order valence-electron chi connectivity index (χ1n) is 5.57. The van der Waals surface area contributed by atoms with Gasteiger partial charge < -0.3 is 15.4 Å². The summed E-state index contributed by atoms with van der Waals surface area (Å²) in [5.41, 5.74) is 0.930. The van der Waals surface area contributed by atoms with Crippen LogP contribution in [0.3, 0.4) is 0 Å². The highest BCUT2D eigenvalue weighted by Crippen LogP contribution is 2.21. The van der Waals surface area contributed by atoms with Gasteiger partial charge in [0.2, 0.25) is 0 Å². The van der Waals surface area contributed by atoms with Crippen molar-refractivity contribution in [2.75, 3.05) is 27.2 Å². The number of benzene rings is 1. The fourth-order valence-electron chi connectivity index (χ4n) is 1.34. The molecule has 0 bridgehead atoms. The van der Waals surface area contributed by atoms with Crippen LogP contribution in [0.2, 0.25) is 10.0 Å². The predicted molar refractivity (Wildman–Crippen MR) is 92.0 cm³/mol. The van der Waals surface area contributed by atoms with Crippen LogP contribution in [0.4, 0.5) is 0 Å². The van der Waals surface area contributed by atoms with Crippen molar-refractivity contribution < 1.29 is 4.74 Å². The standard InChI is InChI=1S/C12H17Cl2N3O.HI/c1-15-12(16-2)17-5-6-18-8-9-3-4-10(13)7-11(9)14;/h3-4,7H,5-6,8H2,1-2H3,(H2,15,16,17);1H. The van der Waals surface area contributed by atoms with Gasteiger partial charge in [0.05, 0.1) is 13.2 Å². The number of nitrogens with zero attached hydrogens (tertiary/aromatic N) is 1. The molecule has 0 unspecified atom stereocenters. The minimum atomic E-state index is 0. The summed E-state index contributed by atoms with van der Waals surface area (Å²) in [5, 5.41) is 7.27. The summed E-state index contributed by atoms with van der Waals surface area (Å²) in [6.45, 7) is 1.72. The number of rotatable bonds is 5. The van der Waals surface area contributed by atoms with Crippen LogP contribution in [0.5, 0.6) is 0 Å². The Morgan fingerprint density at radius 1 is 1.37 bits per heavy atom. The molecule has 0 radical (unpaired) electrons. The third kappa shape index (κ3) is 7.20. The molecule has 7 heteroatoms. The van der Waals surface area contributed by atoms with Crippen molar-refractivity contribution in [3.63, 3.8) is 0 Å². The van der Waals surface area contributed by atoms with Crippen molar-refractivity contribution in [3.05, 3.63) is 33.8 Å². The summed E-state index contributed by atoms with van der Waals surface area (Å²) < 4.78 is 5.51. The van der Waals surface area contributed by atoms with E-state index >= 15 is 0 Å². The molecule has 1 rings (SSSR count). The average molecular weight is 418 g/mol. The molecule has 0 aliphatic rings. The first-order valence-corrected chi connectivity index (χ1v) is 6.33. The van der Waals surface area contributed by atoms with Crippen molar-refractivity contribution in [3.8, 4) is 0 Å². The van der Waals surface area contributed by atoms with Crippen LogP contribution < -0.4 is 10.6 Å². The summed E-state index contributed by atoms with van der Waals surface area (Å²) in [4.78, 5) is 3.99. The van der Waals surface area contributed by atoms with Crippen LogP contribution in [-0.4, -0.2) is 33.2 Å². The molecule has 0 spiro atoms. The number of halogens is 3. The van der Waals surface area contributed by atoms with Crippen LogP contribution >= 0.6 is 47.2 Å². The monoisotopic (exact) mass is 417 g/mol. The molecule has 0 saturated carbocycles. The molecule has 2 N–H and O–H groups in total. The Hall–Kier alpha value is -0.240. The summed E-state index contributed by atoms with van der Waals surface area (Å²) in [6.07, 6.45) is 0. The summed E-state index contributed by atoms with van der Waals surface area (Å²) in [7, 11) is 3.52. The van der Waals surface area contributed by atoms with E-state index in [0.29, 0.717) is 29.8 Å². The molecule has 4 nitrogen and oxygen atoms in total. The highest BCUT2D eigenvalue weighted by molar-refractivity contribution is 14.0. The van der Waals surface area contributed by atoms with Crippen LogP contribution in [0.25, 0.3) is 0 Å². The predicted octanol–water partition coefficient (Wildman–Crippen LogP) is 2.92. The first-order chi connectivity index (χ1) is 8.67. The Kier molecular flexibility index (Phi) is 10.4. The molecule has 108 valence electrons. The van der Waals surface area contributed by atoms with E-state index < -0.39 is 0 Å². The smallest absolute Gasteiger partial charge is 0.190 e. The molecule has 19 heavy (non-hydrogen) atoms. The minimum absolute atomic E-state index is 0. The van der Waals surface area contributed by atoms with Crippen molar-refractivity contribution in [2.24, 2.45) is 4.99 Å². The van der Waals surface area contributed by atoms with E-state index in [4.69, 9.17) is 27.9 Å². The van der Waals surface area contributed by atoms with Gasteiger partial charge in [-0.15, -0.1) is 24.0 Å². The second kappa shape index (κ2) is 10.5. The van der Waals surface area contributed by atoms with Gasteiger partial charge in [-0.05, 0) is 17.7 Å². The summed E-state index contributed by atoms with van der Waals surface area (Å²) in [6, 6.07) is 5.38.